The van der Waals surface area contributed by atoms with Crippen LogP contribution in [0.15, 0.2) is 0 Å². The number of rotatable bonds is 1. The molecule has 1 N–H and O–H groups in total. The average Bonchev–Trinajstić information content (AvgIpc) is 2.50. The predicted molar refractivity (Wildman–Crippen MR) is 68.6 cm³/mol. The SMILES string of the molecule is CC1SCCN(C2CCCNCC2)C1C. The first-order valence-corrected chi connectivity index (χ1v) is 7.42. The molecule has 3 atom stereocenters. The van der Waals surface area contributed by atoms with Gasteiger partial charge in [-0.3, -0.25) is 4.90 Å². The van der Waals surface area contributed by atoms with Crippen LogP contribution in [0.4, 0.5) is 0 Å². The van der Waals surface area contributed by atoms with Crippen molar-refractivity contribution in [3.8, 4) is 0 Å². The molecule has 88 valence electrons. The van der Waals surface area contributed by atoms with E-state index in [1.165, 1.54) is 44.6 Å². The Morgan fingerprint density at radius 1 is 1.20 bits per heavy atom. The molecule has 2 heterocycles. The van der Waals surface area contributed by atoms with E-state index in [2.05, 4.69) is 35.8 Å². The van der Waals surface area contributed by atoms with Crippen LogP contribution in [-0.2, 0) is 0 Å². The molecule has 3 unspecified atom stereocenters. The summed E-state index contributed by atoms with van der Waals surface area (Å²) in [5, 5.41) is 4.33. The molecule has 2 rings (SSSR count). The van der Waals surface area contributed by atoms with E-state index in [1.54, 1.807) is 0 Å². The van der Waals surface area contributed by atoms with Crippen molar-refractivity contribution in [2.75, 3.05) is 25.4 Å². The van der Waals surface area contributed by atoms with Crippen LogP contribution in [0.25, 0.3) is 0 Å². The highest BCUT2D eigenvalue weighted by atomic mass is 32.2. The molecule has 3 heteroatoms. The Hall–Kier alpha value is 0.270. The van der Waals surface area contributed by atoms with Gasteiger partial charge in [0.15, 0.2) is 0 Å². The minimum absolute atomic E-state index is 0.770. The fraction of sp³-hybridized carbons (Fsp3) is 1.00. The second-order valence-electron chi connectivity index (χ2n) is 4.89. The van der Waals surface area contributed by atoms with Crippen LogP contribution in [-0.4, -0.2) is 47.6 Å². The van der Waals surface area contributed by atoms with Crippen molar-refractivity contribution in [3.05, 3.63) is 0 Å². The number of nitrogens with zero attached hydrogens (tertiary/aromatic N) is 1. The van der Waals surface area contributed by atoms with Gasteiger partial charge in [-0.2, -0.15) is 11.8 Å². The Kier molecular flexibility index (Phi) is 4.35. The maximum atomic E-state index is 3.51. The molecule has 0 saturated carbocycles. The molecule has 0 aromatic heterocycles. The van der Waals surface area contributed by atoms with Gasteiger partial charge >= 0.3 is 0 Å². The van der Waals surface area contributed by atoms with E-state index in [4.69, 9.17) is 0 Å². The van der Waals surface area contributed by atoms with Crippen molar-refractivity contribution < 1.29 is 0 Å². The highest BCUT2D eigenvalue weighted by Crippen LogP contribution is 2.28. The summed E-state index contributed by atoms with van der Waals surface area (Å²) in [7, 11) is 0. The lowest BCUT2D eigenvalue weighted by atomic mass is 10.0. The fourth-order valence-corrected chi connectivity index (χ4v) is 3.93. The molecule has 0 radical (unpaired) electrons. The molecule has 2 saturated heterocycles. The standard InChI is InChI=1S/C12H24N2S/c1-10-11(2)15-9-8-14(10)12-4-3-6-13-7-5-12/h10-13H,3-9H2,1-2H3. The maximum Gasteiger partial charge on any atom is 0.0187 e. The first kappa shape index (κ1) is 11.7. The summed E-state index contributed by atoms with van der Waals surface area (Å²) in [6.07, 6.45) is 4.10. The third-order valence-corrected chi connectivity index (χ3v) is 5.28. The monoisotopic (exact) mass is 228 g/mol. The number of hydrogen-bond acceptors (Lipinski definition) is 3. The highest BCUT2D eigenvalue weighted by molar-refractivity contribution is 8.00. The first-order chi connectivity index (χ1) is 7.29. The molecule has 2 aliphatic rings. The quantitative estimate of drug-likeness (QED) is 0.738. The van der Waals surface area contributed by atoms with Crippen molar-refractivity contribution in [1.82, 2.24) is 10.2 Å². The molecule has 15 heavy (non-hydrogen) atoms. The normalized spacial score (nSPS) is 40.0. The molecule has 0 aliphatic carbocycles. The zero-order chi connectivity index (χ0) is 10.7. The van der Waals surface area contributed by atoms with E-state index >= 15 is 0 Å². The van der Waals surface area contributed by atoms with Crippen molar-refractivity contribution in [3.63, 3.8) is 0 Å². The summed E-state index contributed by atoms with van der Waals surface area (Å²) in [6, 6.07) is 1.62. The Balaban J connectivity index is 1.94. The van der Waals surface area contributed by atoms with Gasteiger partial charge in [0, 0.05) is 29.6 Å². The van der Waals surface area contributed by atoms with Crippen LogP contribution in [0.3, 0.4) is 0 Å². The molecular weight excluding hydrogens is 204 g/mol. The van der Waals surface area contributed by atoms with Crippen LogP contribution in [0, 0.1) is 0 Å². The number of nitrogens with one attached hydrogen (secondary N) is 1. The Labute approximate surface area is 98.2 Å². The summed E-state index contributed by atoms with van der Waals surface area (Å²) < 4.78 is 0. The van der Waals surface area contributed by atoms with Crippen molar-refractivity contribution >= 4 is 11.8 Å². The third kappa shape index (κ3) is 2.89. The summed E-state index contributed by atoms with van der Waals surface area (Å²) in [5.41, 5.74) is 0. The molecule has 0 aromatic carbocycles. The Morgan fingerprint density at radius 3 is 2.93 bits per heavy atom. The summed E-state index contributed by atoms with van der Waals surface area (Å²) in [5.74, 6) is 1.33. The van der Waals surface area contributed by atoms with Gasteiger partial charge in [-0.1, -0.05) is 6.92 Å². The van der Waals surface area contributed by atoms with Crippen LogP contribution < -0.4 is 5.32 Å². The summed E-state index contributed by atoms with van der Waals surface area (Å²) in [4.78, 5) is 2.77. The lowest BCUT2D eigenvalue weighted by Gasteiger charge is -2.42. The van der Waals surface area contributed by atoms with Gasteiger partial charge in [0.25, 0.3) is 0 Å². The molecular formula is C12H24N2S. The van der Waals surface area contributed by atoms with Crippen molar-refractivity contribution in [2.24, 2.45) is 0 Å². The van der Waals surface area contributed by atoms with E-state index in [-0.39, 0.29) is 0 Å². The summed E-state index contributed by atoms with van der Waals surface area (Å²) >= 11 is 2.14. The van der Waals surface area contributed by atoms with Crippen LogP contribution in [0.2, 0.25) is 0 Å². The van der Waals surface area contributed by atoms with Gasteiger partial charge in [-0.15, -0.1) is 0 Å². The fourth-order valence-electron chi connectivity index (χ4n) is 2.80. The molecule has 0 spiro atoms. The Morgan fingerprint density at radius 2 is 2.07 bits per heavy atom. The van der Waals surface area contributed by atoms with Crippen LogP contribution in [0.1, 0.15) is 33.1 Å². The van der Waals surface area contributed by atoms with E-state index in [0.717, 1.165) is 17.3 Å². The second kappa shape index (κ2) is 5.55. The van der Waals surface area contributed by atoms with Crippen molar-refractivity contribution in [1.29, 1.82) is 0 Å². The number of thioether (sulfide) groups is 1. The maximum absolute atomic E-state index is 3.51. The van der Waals surface area contributed by atoms with Gasteiger partial charge in [0.2, 0.25) is 0 Å². The first-order valence-electron chi connectivity index (χ1n) is 6.37. The van der Waals surface area contributed by atoms with Gasteiger partial charge in [0.1, 0.15) is 0 Å². The van der Waals surface area contributed by atoms with Gasteiger partial charge in [0.05, 0.1) is 0 Å². The van der Waals surface area contributed by atoms with E-state index in [1.807, 2.05) is 0 Å². The topological polar surface area (TPSA) is 15.3 Å². The molecule has 0 amide bonds. The lowest BCUT2D eigenvalue weighted by molar-refractivity contribution is 0.135. The summed E-state index contributed by atoms with van der Waals surface area (Å²) in [6.45, 7) is 8.55. The second-order valence-corrected chi connectivity index (χ2v) is 6.37. The largest absolute Gasteiger partial charge is 0.317 e. The average molecular weight is 228 g/mol. The molecule has 2 nitrogen and oxygen atoms in total. The van der Waals surface area contributed by atoms with Gasteiger partial charge in [-0.05, 0) is 39.3 Å². The predicted octanol–water partition coefficient (Wildman–Crippen LogP) is 1.95. The minimum Gasteiger partial charge on any atom is -0.317 e. The van der Waals surface area contributed by atoms with Crippen LogP contribution in [0.5, 0.6) is 0 Å². The van der Waals surface area contributed by atoms with Crippen molar-refractivity contribution in [2.45, 2.75) is 50.4 Å². The number of hydrogen-bond donors (Lipinski definition) is 1. The van der Waals surface area contributed by atoms with Gasteiger partial charge in [-0.25, -0.2) is 0 Å². The molecule has 0 bridgehead atoms. The third-order valence-electron chi connectivity index (χ3n) is 3.95. The Bertz CT molecular complexity index is 190. The van der Waals surface area contributed by atoms with E-state index in [9.17, 15) is 0 Å². The molecule has 2 aliphatic heterocycles. The van der Waals surface area contributed by atoms with Gasteiger partial charge < -0.3 is 5.32 Å². The lowest BCUT2D eigenvalue weighted by Crippen LogP contribution is -2.50. The van der Waals surface area contributed by atoms with E-state index < -0.39 is 0 Å². The van der Waals surface area contributed by atoms with Crippen LogP contribution >= 0.6 is 11.8 Å². The minimum atomic E-state index is 0.770. The zero-order valence-electron chi connectivity index (χ0n) is 10.0. The zero-order valence-corrected chi connectivity index (χ0v) is 10.9. The molecule has 2 fully saturated rings. The smallest absolute Gasteiger partial charge is 0.0187 e. The highest BCUT2D eigenvalue weighted by Gasteiger charge is 2.30. The van der Waals surface area contributed by atoms with E-state index in [0.29, 0.717) is 0 Å². The molecule has 0 aromatic rings.